The first kappa shape index (κ1) is 12.8. The minimum absolute atomic E-state index is 0.00639. The Morgan fingerprint density at radius 1 is 1.06 bits per heavy atom. The number of hydrogen-bond donors (Lipinski definition) is 1. The van der Waals surface area contributed by atoms with E-state index in [4.69, 9.17) is 0 Å². The lowest BCUT2D eigenvalue weighted by molar-refractivity contribution is -0.117. The molecular weight excluding hydrogens is 290 g/mol. The molecule has 2 aromatic carbocycles. The van der Waals surface area contributed by atoms with Gasteiger partial charge in [-0.2, -0.15) is 0 Å². The van der Waals surface area contributed by atoms with Crippen molar-refractivity contribution in [2.45, 2.75) is 12.8 Å². The zero-order valence-electron chi connectivity index (χ0n) is 10.1. The zero-order valence-corrected chi connectivity index (χ0v) is 11.6. The monoisotopic (exact) mass is 303 g/mol. The average Bonchev–Trinajstić information content (AvgIpc) is 2.41. The van der Waals surface area contributed by atoms with E-state index in [1.165, 1.54) is 0 Å². The summed E-state index contributed by atoms with van der Waals surface area (Å²) in [5.74, 6) is -0.175. The molecule has 1 N–H and O–H groups in total. The molecule has 0 aromatic heterocycles. The minimum atomic E-state index is -0.168. The van der Waals surface area contributed by atoms with Crippen molar-refractivity contribution in [3.63, 3.8) is 0 Å². The van der Waals surface area contributed by atoms with Crippen LogP contribution in [0.1, 0.15) is 18.4 Å². The number of halogens is 1. The van der Waals surface area contributed by atoms with E-state index in [0.717, 1.165) is 15.7 Å². The largest absolute Gasteiger partial charge is 0.325 e. The van der Waals surface area contributed by atoms with E-state index in [2.05, 4.69) is 21.2 Å². The molecule has 3 heteroatoms. The van der Waals surface area contributed by atoms with Gasteiger partial charge in [0, 0.05) is 4.47 Å². The van der Waals surface area contributed by atoms with Crippen molar-refractivity contribution in [3.05, 3.63) is 64.6 Å². The molecule has 2 aromatic rings. The summed E-state index contributed by atoms with van der Waals surface area (Å²) in [6.07, 6.45) is 0. The van der Waals surface area contributed by atoms with Gasteiger partial charge in [0.2, 0.25) is 5.91 Å². The Bertz CT molecular complexity index is 539. The van der Waals surface area contributed by atoms with Gasteiger partial charge in [-0.1, -0.05) is 42.5 Å². The van der Waals surface area contributed by atoms with Gasteiger partial charge in [0.05, 0.1) is 11.6 Å². The lowest BCUT2D eigenvalue weighted by Crippen LogP contribution is -2.19. The van der Waals surface area contributed by atoms with Crippen LogP contribution in [0.4, 0.5) is 5.69 Å². The molecule has 0 saturated carbocycles. The predicted molar refractivity (Wildman–Crippen MR) is 77.6 cm³/mol. The van der Waals surface area contributed by atoms with Gasteiger partial charge in [-0.3, -0.25) is 4.79 Å². The van der Waals surface area contributed by atoms with Crippen molar-refractivity contribution in [1.29, 1.82) is 0 Å². The molecule has 1 atom stereocenters. The Balaban J connectivity index is 2.12. The molecule has 92 valence electrons. The van der Waals surface area contributed by atoms with Gasteiger partial charge in [0.1, 0.15) is 0 Å². The van der Waals surface area contributed by atoms with Gasteiger partial charge in [0.25, 0.3) is 0 Å². The fourth-order valence-corrected chi connectivity index (χ4v) is 2.08. The molecule has 0 saturated heterocycles. The molecule has 2 nitrogen and oxygen atoms in total. The van der Waals surface area contributed by atoms with Crippen LogP contribution in [0.25, 0.3) is 0 Å². The molecule has 0 aliphatic heterocycles. The van der Waals surface area contributed by atoms with E-state index in [1.54, 1.807) is 0 Å². The highest BCUT2D eigenvalue weighted by atomic mass is 79.9. The lowest BCUT2D eigenvalue weighted by atomic mass is 10.0. The van der Waals surface area contributed by atoms with Crippen LogP contribution in [-0.4, -0.2) is 5.91 Å². The first-order chi connectivity index (χ1) is 8.68. The van der Waals surface area contributed by atoms with Crippen LogP contribution in [0.15, 0.2) is 59.1 Å². The maximum Gasteiger partial charge on any atom is 0.231 e. The minimum Gasteiger partial charge on any atom is -0.325 e. The summed E-state index contributed by atoms with van der Waals surface area (Å²) in [6, 6.07) is 17.3. The summed E-state index contributed by atoms with van der Waals surface area (Å²) < 4.78 is 0.888. The van der Waals surface area contributed by atoms with Crippen molar-refractivity contribution in [2.75, 3.05) is 5.32 Å². The summed E-state index contributed by atoms with van der Waals surface area (Å²) in [6.45, 7) is 1.90. The molecule has 0 radical (unpaired) electrons. The van der Waals surface area contributed by atoms with Crippen molar-refractivity contribution in [1.82, 2.24) is 0 Å². The highest BCUT2D eigenvalue weighted by molar-refractivity contribution is 9.10. The van der Waals surface area contributed by atoms with E-state index >= 15 is 0 Å². The molecule has 2 rings (SSSR count). The van der Waals surface area contributed by atoms with Crippen molar-refractivity contribution in [2.24, 2.45) is 0 Å². The Labute approximate surface area is 115 Å². The van der Waals surface area contributed by atoms with Crippen molar-refractivity contribution >= 4 is 27.5 Å². The van der Waals surface area contributed by atoms with E-state index in [0.29, 0.717) is 0 Å². The number of amides is 1. The van der Waals surface area contributed by atoms with Crippen LogP contribution in [0.3, 0.4) is 0 Å². The molecule has 0 aliphatic carbocycles. The smallest absolute Gasteiger partial charge is 0.231 e. The first-order valence-electron chi connectivity index (χ1n) is 5.79. The summed E-state index contributed by atoms with van der Waals surface area (Å²) in [7, 11) is 0. The highest BCUT2D eigenvalue weighted by Gasteiger charge is 2.15. The van der Waals surface area contributed by atoms with Crippen molar-refractivity contribution in [3.8, 4) is 0 Å². The number of benzene rings is 2. The fourth-order valence-electron chi connectivity index (χ4n) is 1.70. The van der Waals surface area contributed by atoms with E-state index in [9.17, 15) is 4.79 Å². The van der Waals surface area contributed by atoms with Gasteiger partial charge in [-0.05, 0) is 40.5 Å². The van der Waals surface area contributed by atoms with Crippen LogP contribution in [0, 0.1) is 0 Å². The fraction of sp³-hybridized carbons (Fsp3) is 0.133. The molecule has 1 amide bonds. The first-order valence-corrected chi connectivity index (χ1v) is 6.58. The van der Waals surface area contributed by atoms with Crippen LogP contribution < -0.4 is 5.32 Å². The molecule has 0 unspecified atom stereocenters. The van der Waals surface area contributed by atoms with Gasteiger partial charge in [-0.25, -0.2) is 0 Å². The highest BCUT2D eigenvalue weighted by Crippen LogP contribution is 2.23. The molecular formula is C15H14BrNO. The SMILES string of the molecule is C[C@@H](C(=O)Nc1ccccc1Br)c1ccccc1. The number of carbonyl (C=O) groups is 1. The molecule has 0 spiro atoms. The number of anilines is 1. The predicted octanol–water partition coefficient (Wildman–Crippen LogP) is 4.19. The summed E-state index contributed by atoms with van der Waals surface area (Å²) in [5, 5.41) is 2.92. The molecule has 0 heterocycles. The Kier molecular flexibility index (Phi) is 4.15. The van der Waals surface area contributed by atoms with E-state index < -0.39 is 0 Å². The van der Waals surface area contributed by atoms with Gasteiger partial charge in [0.15, 0.2) is 0 Å². The Hall–Kier alpha value is -1.61. The third-order valence-electron chi connectivity index (χ3n) is 2.82. The number of nitrogens with one attached hydrogen (secondary N) is 1. The van der Waals surface area contributed by atoms with Crippen LogP contribution in [0.2, 0.25) is 0 Å². The summed E-state index contributed by atoms with van der Waals surface area (Å²) in [5.41, 5.74) is 1.81. The molecule has 0 bridgehead atoms. The van der Waals surface area contributed by atoms with Crippen LogP contribution in [0.5, 0.6) is 0 Å². The maximum absolute atomic E-state index is 12.1. The third kappa shape index (κ3) is 2.99. The standard InChI is InChI=1S/C15H14BrNO/c1-11(12-7-3-2-4-8-12)15(18)17-14-10-6-5-9-13(14)16/h2-11H,1H3,(H,17,18)/t11-/m1/s1. The Morgan fingerprint density at radius 3 is 2.33 bits per heavy atom. The quantitative estimate of drug-likeness (QED) is 0.905. The normalized spacial score (nSPS) is 11.9. The number of rotatable bonds is 3. The summed E-state index contributed by atoms with van der Waals surface area (Å²) >= 11 is 3.42. The van der Waals surface area contributed by atoms with Crippen LogP contribution in [-0.2, 0) is 4.79 Å². The Morgan fingerprint density at radius 2 is 1.67 bits per heavy atom. The third-order valence-corrected chi connectivity index (χ3v) is 3.52. The van der Waals surface area contributed by atoms with E-state index in [-0.39, 0.29) is 11.8 Å². The zero-order chi connectivity index (χ0) is 13.0. The lowest BCUT2D eigenvalue weighted by Gasteiger charge is -2.13. The second-order valence-electron chi connectivity index (χ2n) is 4.10. The van der Waals surface area contributed by atoms with Gasteiger partial charge < -0.3 is 5.32 Å². The molecule has 0 fully saturated rings. The average molecular weight is 304 g/mol. The second kappa shape index (κ2) is 5.83. The van der Waals surface area contributed by atoms with Gasteiger partial charge in [-0.15, -0.1) is 0 Å². The second-order valence-corrected chi connectivity index (χ2v) is 4.96. The number of carbonyl (C=O) groups excluding carboxylic acids is 1. The van der Waals surface area contributed by atoms with Gasteiger partial charge >= 0.3 is 0 Å². The van der Waals surface area contributed by atoms with Crippen LogP contribution >= 0.6 is 15.9 Å². The molecule has 18 heavy (non-hydrogen) atoms. The van der Waals surface area contributed by atoms with Crippen molar-refractivity contribution < 1.29 is 4.79 Å². The maximum atomic E-state index is 12.1. The molecule has 0 aliphatic rings. The van der Waals surface area contributed by atoms with E-state index in [1.807, 2.05) is 61.5 Å². The summed E-state index contributed by atoms with van der Waals surface area (Å²) in [4.78, 5) is 12.1. The number of para-hydroxylation sites is 1. The topological polar surface area (TPSA) is 29.1 Å². The number of hydrogen-bond acceptors (Lipinski definition) is 1.